The highest BCUT2D eigenvalue weighted by Crippen LogP contribution is 2.20. The zero-order chi connectivity index (χ0) is 21.6. The molecule has 1 amide bonds. The molecule has 2 aromatic rings. The maximum Gasteiger partial charge on any atom is 0.244 e. The van der Waals surface area contributed by atoms with E-state index in [0.29, 0.717) is 17.9 Å². The van der Waals surface area contributed by atoms with E-state index >= 15 is 0 Å². The number of hydrogen-bond donors (Lipinski definition) is 2. The van der Waals surface area contributed by atoms with Crippen LogP contribution in [0.2, 0.25) is 0 Å². The lowest BCUT2D eigenvalue weighted by molar-refractivity contribution is -0.116. The van der Waals surface area contributed by atoms with E-state index in [4.69, 9.17) is 0 Å². The van der Waals surface area contributed by atoms with E-state index in [-0.39, 0.29) is 11.8 Å². The third-order valence-electron chi connectivity index (χ3n) is 4.17. The van der Waals surface area contributed by atoms with Gasteiger partial charge in [-0.3, -0.25) is 14.5 Å². The summed E-state index contributed by atoms with van der Waals surface area (Å²) in [4.78, 5) is 16.5. The van der Waals surface area contributed by atoms with Crippen molar-refractivity contribution in [3.63, 3.8) is 0 Å². The highest BCUT2D eigenvalue weighted by molar-refractivity contribution is 7.92. The topological polar surface area (TPSA) is 88.2 Å². The summed E-state index contributed by atoms with van der Waals surface area (Å²) < 4.78 is 38.0. The van der Waals surface area contributed by atoms with Gasteiger partial charge in [-0.2, -0.15) is 0 Å². The van der Waals surface area contributed by atoms with E-state index in [1.54, 1.807) is 37.3 Å². The van der Waals surface area contributed by atoms with Crippen LogP contribution in [0.3, 0.4) is 0 Å². The predicted molar refractivity (Wildman–Crippen MR) is 114 cm³/mol. The smallest absolute Gasteiger partial charge is 0.244 e. The van der Waals surface area contributed by atoms with Crippen LogP contribution in [0, 0.1) is 6.92 Å². The summed E-state index contributed by atoms with van der Waals surface area (Å²) >= 11 is 0. The number of aromatic nitrogens is 1. The molecule has 0 atom stereocenters. The summed E-state index contributed by atoms with van der Waals surface area (Å²) in [6, 6.07) is 8.60. The number of nitrogens with one attached hydrogen (secondary N) is 2. The van der Waals surface area contributed by atoms with Gasteiger partial charge in [0.1, 0.15) is 6.67 Å². The molecule has 0 unspecified atom stereocenters. The van der Waals surface area contributed by atoms with Gasteiger partial charge < -0.3 is 5.32 Å². The Morgan fingerprint density at radius 1 is 1.24 bits per heavy atom. The van der Waals surface area contributed by atoms with Crippen LogP contribution in [-0.4, -0.2) is 25.6 Å². The molecule has 0 aliphatic rings. The predicted octanol–water partition coefficient (Wildman–Crippen LogP) is 3.68. The minimum absolute atomic E-state index is 0.103. The summed E-state index contributed by atoms with van der Waals surface area (Å²) in [5.74, 6) is -0.170. The maximum absolute atomic E-state index is 12.8. The molecule has 1 aromatic heterocycles. The van der Waals surface area contributed by atoms with Gasteiger partial charge in [0.05, 0.1) is 23.3 Å². The van der Waals surface area contributed by atoms with Gasteiger partial charge in [0.2, 0.25) is 15.9 Å². The highest BCUT2D eigenvalue weighted by Gasteiger charge is 2.09. The molecule has 8 heteroatoms. The molecule has 0 aliphatic heterocycles. The Bertz CT molecular complexity index is 1020. The van der Waals surface area contributed by atoms with Crippen molar-refractivity contribution in [2.75, 3.05) is 11.0 Å². The number of amides is 1. The van der Waals surface area contributed by atoms with Crippen LogP contribution in [0.5, 0.6) is 0 Å². The molecule has 0 radical (unpaired) electrons. The lowest BCUT2D eigenvalue weighted by atomic mass is 10.0. The lowest BCUT2D eigenvalue weighted by Crippen LogP contribution is -2.20. The average Bonchev–Trinajstić information content (AvgIpc) is 2.65. The summed E-state index contributed by atoms with van der Waals surface area (Å²) in [5, 5.41) is 2.79. The first-order valence-corrected chi connectivity index (χ1v) is 11.1. The average molecular weight is 420 g/mol. The van der Waals surface area contributed by atoms with Crippen LogP contribution < -0.4 is 10.0 Å². The van der Waals surface area contributed by atoms with Gasteiger partial charge >= 0.3 is 0 Å². The van der Waals surface area contributed by atoms with Gasteiger partial charge in [-0.1, -0.05) is 32.0 Å². The van der Waals surface area contributed by atoms with Crippen molar-refractivity contribution in [1.29, 1.82) is 0 Å². The fraction of sp³-hybridized carbons (Fsp3) is 0.333. The number of sulfonamides is 1. The number of alkyl halides is 1. The molecule has 0 aliphatic carbocycles. The Labute approximate surface area is 171 Å². The second kappa shape index (κ2) is 9.65. The van der Waals surface area contributed by atoms with Crippen molar-refractivity contribution in [1.82, 2.24) is 10.3 Å². The number of carbonyl (C=O) groups excluding carboxylic acids is 1. The largest absolute Gasteiger partial charge is 0.348 e. The van der Waals surface area contributed by atoms with Crippen LogP contribution >= 0.6 is 0 Å². The first-order valence-electron chi connectivity index (χ1n) is 9.18. The molecule has 2 rings (SSSR count). The number of carbonyl (C=O) groups is 1. The van der Waals surface area contributed by atoms with Gasteiger partial charge in [-0.25, -0.2) is 12.8 Å². The molecule has 156 valence electrons. The van der Waals surface area contributed by atoms with Crippen LogP contribution in [0.4, 0.5) is 10.1 Å². The summed E-state index contributed by atoms with van der Waals surface area (Å²) in [6.07, 6.45) is 4.19. The van der Waals surface area contributed by atoms with Gasteiger partial charge in [0.15, 0.2) is 0 Å². The minimum atomic E-state index is -3.34. The summed E-state index contributed by atoms with van der Waals surface area (Å²) in [7, 11) is -3.34. The van der Waals surface area contributed by atoms with E-state index in [9.17, 15) is 17.6 Å². The van der Waals surface area contributed by atoms with E-state index in [1.165, 1.54) is 6.08 Å². The molecule has 0 saturated heterocycles. The minimum Gasteiger partial charge on any atom is -0.348 e. The van der Waals surface area contributed by atoms with E-state index in [0.717, 1.165) is 28.6 Å². The third kappa shape index (κ3) is 6.98. The number of nitrogens with zero attached hydrogens (tertiary/aromatic N) is 1. The molecular formula is C21H26FN3O3S. The molecule has 0 fully saturated rings. The quantitative estimate of drug-likeness (QED) is 0.639. The number of rotatable bonds is 8. The van der Waals surface area contributed by atoms with Crippen molar-refractivity contribution < 1.29 is 17.6 Å². The Morgan fingerprint density at radius 2 is 1.97 bits per heavy atom. The molecule has 2 N–H and O–H groups in total. The number of pyridine rings is 1. The molecule has 29 heavy (non-hydrogen) atoms. The highest BCUT2D eigenvalue weighted by atomic mass is 32.2. The molecule has 6 nitrogen and oxygen atoms in total. The van der Waals surface area contributed by atoms with Crippen molar-refractivity contribution in [2.45, 2.75) is 39.9 Å². The van der Waals surface area contributed by atoms with Gasteiger partial charge in [-0.05, 0) is 47.7 Å². The van der Waals surface area contributed by atoms with Crippen LogP contribution in [0.15, 0.2) is 36.4 Å². The van der Waals surface area contributed by atoms with Gasteiger partial charge in [0.25, 0.3) is 0 Å². The second-order valence-electron chi connectivity index (χ2n) is 7.14. The Hall–Kier alpha value is -2.74. The monoisotopic (exact) mass is 419 g/mol. The number of benzene rings is 1. The molecule has 1 heterocycles. The third-order valence-corrected chi connectivity index (χ3v) is 4.76. The van der Waals surface area contributed by atoms with E-state index < -0.39 is 16.7 Å². The SMILES string of the molecule is Cc1cc(CNC(=O)C=Cc2ccc(CF)nc2C(C)C)ccc1NS(C)(=O)=O. The fourth-order valence-electron chi connectivity index (χ4n) is 2.77. The van der Waals surface area contributed by atoms with Crippen molar-refractivity contribution in [3.8, 4) is 0 Å². The molecule has 1 aromatic carbocycles. The van der Waals surface area contributed by atoms with E-state index in [1.807, 2.05) is 19.9 Å². The normalized spacial score (nSPS) is 11.8. The molecule has 0 spiro atoms. The second-order valence-corrected chi connectivity index (χ2v) is 8.89. The first-order chi connectivity index (χ1) is 13.6. The molecule has 0 bridgehead atoms. The maximum atomic E-state index is 12.8. The molecule has 0 saturated carbocycles. The van der Waals surface area contributed by atoms with Crippen LogP contribution in [-0.2, 0) is 28.0 Å². The van der Waals surface area contributed by atoms with Crippen LogP contribution in [0.25, 0.3) is 6.08 Å². The zero-order valence-corrected chi connectivity index (χ0v) is 17.8. The molecular weight excluding hydrogens is 393 g/mol. The van der Waals surface area contributed by atoms with Crippen molar-refractivity contribution >= 4 is 27.7 Å². The Morgan fingerprint density at radius 3 is 2.55 bits per heavy atom. The van der Waals surface area contributed by atoms with Gasteiger partial charge in [-0.15, -0.1) is 0 Å². The number of aryl methyl sites for hydroxylation is 1. The fourth-order valence-corrected chi connectivity index (χ4v) is 3.40. The summed E-state index contributed by atoms with van der Waals surface area (Å²) in [5.41, 5.74) is 4.01. The Kier molecular flexibility index (Phi) is 7.50. The first kappa shape index (κ1) is 22.5. The number of anilines is 1. The van der Waals surface area contributed by atoms with Crippen molar-refractivity contribution in [2.24, 2.45) is 0 Å². The zero-order valence-electron chi connectivity index (χ0n) is 17.0. The Balaban J connectivity index is 2.02. The van der Waals surface area contributed by atoms with Crippen molar-refractivity contribution in [3.05, 3.63) is 64.5 Å². The van der Waals surface area contributed by atoms with Gasteiger partial charge in [0, 0.05) is 12.6 Å². The number of hydrogen-bond acceptors (Lipinski definition) is 4. The van der Waals surface area contributed by atoms with E-state index in [2.05, 4.69) is 15.0 Å². The summed E-state index contributed by atoms with van der Waals surface area (Å²) in [6.45, 7) is 5.40. The standard InChI is InChI=1S/C21H26FN3O3S/c1-14(2)21-17(6-8-18(12-22)24-21)7-10-20(26)23-13-16-5-9-19(15(3)11-16)25-29(4,27)28/h5-11,14,25H,12-13H2,1-4H3,(H,23,26). The lowest BCUT2D eigenvalue weighted by Gasteiger charge is -2.11. The van der Waals surface area contributed by atoms with Crippen LogP contribution in [0.1, 0.15) is 47.8 Å². The number of halogens is 1.